The standard InChI is InChI=1S/C16H16ClN5/c1-21(2)14-8-5-7-12(10-14)16-18-19-20-22(16)11-13-6-3-4-9-15(13)17/h3-10H,11H2,1-2H3. The molecule has 0 amide bonds. The molecule has 0 fully saturated rings. The van der Waals surface area contributed by atoms with Crippen molar-refractivity contribution in [2.45, 2.75) is 6.54 Å². The first-order chi connectivity index (χ1) is 10.6. The van der Waals surface area contributed by atoms with Crippen molar-refractivity contribution in [2.24, 2.45) is 0 Å². The van der Waals surface area contributed by atoms with Gasteiger partial charge in [0, 0.05) is 30.4 Å². The van der Waals surface area contributed by atoms with Gasteiger partial charge in [0.2, 0.25) is 0 Å². The van der Waals surface area contributed by atoms with E-state index in [0.717, 1.165) is 22.6 Å². The lowest BCUT2D eigenvalue weighted by molar-refractivity contribution is 0.653. The number of hydrogen-bond acceptors (Lipinski definition) is 4. The summed E-state index contributed by atoms with van der Waals surface area (Å²) in [4.78, 5) is 2.05. The Morgan fingerprint density at radius 1 is 1.09 bits per heavy atom. The second-order valence-electron chi connectivity index (χ2n) is 5.20. The molecule has 0 N–H and O–H groups in total. The summed E-state index contributed by atoms with van der Waals surface area (Å²) in [5.74, 6) is 0.726. The van der Waals surface area contributed by atoms with Crippen LogP contribution in [0.2, 0.25) is 5.02 Å². The average molecular weight is 314 g/mol. The number of aromatic nitrogens is 4. The number of anilines is 1. The highest BCUT2D eigenvalue weighted by atomic mass is 35.5. The molecule has 112 valence electrons. The largest absolute Gasteiger partial charge is 0.378 e. The van der Waals surface area contributed by atoms with Gasteiger partial charge in [0.15, 0.2) is 5.82 Å². The number of halogens is 1. The van der Waals surface area contributed by atoms with Crippen molar-refractivity contribution < 1.29 is 0 Å². The Kier molecular flexibility index (Phi) is 4.06. The SMILES string of the molecule is CN(C)c1cccc(-c2nnnn2Cc2ccccc2Cl)c1. The molecule has 0 saturated carbocycles. The molecule has 3 rings (SSSR count). The van der Waals surface area contributed by atoms with E-state index in [1.165, 1.54) is 0 Å². The first-order valence-corrected chi connectivity index (χ1v) is 7.30. The van der Waals surface area contributed by atoms with E-state index in [9.17, 15) is 0 Å². The minimum absolute atomic E-state index is 0.536. The number of hydrogen-bond donors (Lipinski definition) is 0. The third-order valence-electron chi connectivity index (χ3n) is 3.43. The molecule has 3 aromatic rings. The maximum Gasteiger partial charge on any atom is 0.182 e. The molecule has 6 heteroatoms. The number of tetrazole rings is 1. The van der Waals surface area contributed by atoms with Gasteiger partial charge in [-0.15, -0.1) is 5.10 Å². The molecule has 0 aliphatic heterocycles. The fourth-order valence-electron chi connectivity index (χ4n) is 2.23. The molecule has 5 nitrogen and oxygen atoms in total. The zero-order valence-corrected chi connectivity index (χ0v) is 13.2. The molecule has 1 aromatic heterocycles. The summed E-state index contributed by atoms with van der Waals surface area (Å²) >= 11 is 6.22. The molecule has 0 bridgehead atoms. The molecule has 0 aliphatic carbocycles. The lowest BCUT2D eigenvalue weighted by Gasteiger charge is -2.13. The van der Waals surface area contributed by atoms with Gasteiger partial charge < -0.3 is 4.90 Å². The molecular formula is C16H16ClN5. The van der Waals surface area contributed by atoms with E-state index in [1.807, 2.05) is 61.5 Å². The van der Waals surface area contributed by atoms with Gasteiger partial charge in [0.25, 0.3) is 0 Å². The molecule has 22 heavy (non-hydrogen) atoms. The summed E-state index contributed by atoms with van der Waals surface area (Å²) in [6.07, 6.45) is 0. The van der Waals surface area contributed by atoms with Crippen molar-refractivity contribution in [1.82, 2.24) is 20.2 Å². The van der Waals surface area contributed by atoms with E-state index in [1.54, 1.807) is 4.68 Å². The van der Waals surface area contributed by atoms with Crippen LogP contribution in [0.25, 0.3) is 11.4 Å². The van der Waals surface area contributed by atoms with Crippen molar-refractivity contribution in [3.8, 4) is 11.4 Å². The van der Waals surface area contributed by atoms with Gasteiger partial charge in [-0.3, -0.25) is 0 Å². The minimum atomic E-state index is 0.536. The Morgan fingerprint density at radius 2 is 1.91 bits per heavy atom. The highest BCUT2D eigenvalue weighted by molar-refractivity contribution is 6.31. The van der Waals surface area contributed by atoms with Crippen LogP contribution >= 0.6 is 11.6 Å². The second kappa shape index (κ2) is 6.15. The summed E-state index contributed by atoms with van der Waals surface area (Å²) in [5.41, 5.74) is 3.06. The molecule has 0 aliphatic rings. The van der Waals surface area contributed by atoms with Crippen LogP contribution in [0.15, 0.2) is 48.5 Å². The van der Waals surface area contributed by atoms with Gasteiger partial charge in [-0.25, -0.2) is 4.68 Å². The molecular weight excluding hydrogens is 298 g/mol. The Morgan fingerprint density at radius 3 is 2.68 bits per heavy atom. The van der Waals surface area contributed by atoms with Crippen LogP contribution < -0.4 is 4.90 Å². The van der Waals surface area contributed by atoms with Gasteiger partial charge in [0.1, 0.15) is 0 Å². The quantitative estimate of drug-likeness (QED) is 0.742. The van der Waals surface area contributed by atoms with Crippen molar-refractivity contribution in [2.75, 3.05) is 19.0 Å². The van der Waals surface area contributed by atoms with E-state index in [0.29, 0.717) is 11.6 Å². The van der Waals surface area contributed by atoms with Crippen LogP contribution in [-0.4, -0.2) is 34.3 Å². The molecule has 0 saturated heterocycles. The summed E-state index contributed by atoms with van der Waals surface area (Å²) in [5, 5.41) is 12.8. The first-order valence-electron chi connectivity index (χ1n) is 6.92. The maximum atomic E-state index is 6.22. The highest BCUT2D eigenvalue weighted by Crippen LogP contribution is 2.23. The molecule has 0 spiro atoms. The van der Waals surface area contributed by atoms with E-state index in [2.05, 4.69) is 21.6 Å². The number of benzene rings is 2. The molecule has 0 unspecified atom stereocenters. The minimum Gasteiger partial charge on any atom is -0.378 e. The fourth-order valence-corrected chi connectivity index (χ4v) is 2.42. The predicted molar refractivity (Wildman–Crippen MR) is 88.1 cm³/mol. The van der Waals surface area contributed by atoms with E-state index in [4.69, 9.17) is 11.6 Å². The summed E-state index contributed by atoms with van der Waals surface area (Å²) in [6, 6.07) is 15.8. The van der Waals surface area contributed by atoms with E-state index < -0.39 is 0 Å². The van der Waals surface area contributed by atoms with Crippen molar-refractivity contribution in [3.05, 3.63) is 59.1 Å². The van der Waals surface area contributed by atoms with Crippen molar-refractivity contribution >= 4 is 17.3 Å². The van der Waals surface area contributed by atoms with Gasteiger partial charge in [-0.05, 0) is 34.2 Å². The van der Waals surface area contributed by atoms with Gasteiger partial charge >= 0.3 is 0 Å². The zero-order chi connectivity index (χ0) is 15.5. The highest BCUT2D eigenvalue weighted by Gasteiger charge is 2.11. The predicted octanol–water partition coefficient (Wildman–Crippen LogP) is 3.11. The lowest BCUT2D eigenvalue weighted by Crippen LogP contribution is -2.09. The maximum absolute atomic E-state index is 6.22. The summed E-state index contributed by atoms with van der Waals surface area (Å²) in [7, 11) is 4.01. The van der Waals surface area contributed by atoms with Crippen LogP contribution in [0, 0.1) is 0 Å². The van der Waals surface area contributed by atoms with Gasteiger partial charge in [-0.1, -0.05) is 41.9 Å². The normalized spacial score (nSPS) is 10.7. The fraction of sp³-hybridized carbons (Fsp3) is 0.188. The number of nitrogens with zero attached hydrogens (tertiary/aromatic N) is 5. The Balaban J connectivity index is 1.96. The monoisotopic (exact) mass is 313 g/mol. The van der Waals surface area contributed by atoms with Crippen LogP contribution in [0.3, 0.4) is 0 Å². The van der Waals surface area contributed by atoms with Gasteiger partial charge in [-0.2, -0.15) is 0 Å². The Hall–Kier alpha value is -2.40. The number of rotatable bonds is 4. The topological polar surface area (TPSA) is 46.8 Å². The third kappa shape index (κ3) is 2.94. The smallest absolute Gasteiger partial charge is 0.182 e. The van der Waals surface area contributed by atoms with Crippen LogP contribution in [0.4, 0.5) is 5.69 Å². The summed E-state index contributed by atoms with van der Waals surface area (Å²) in [6.45, 7) is 0.536. The van der Waals surface area contributed by atoms with Gasteiger partial charge in [0.05, 0.1) is 6.54 Å². The zero-order valence-electron chi connectivity index (χ0n) is 12.4. The van der Waals surface area contributed by atoms with Crippen LogP contribution in [-0.2, 0) is 6.54 Å². The second-order valence-corrected chi connectivity index (χ2v) is 5.60. The molecule has 1 heterocycles. The Bertz CT molecular complexity index is 781. The third-order valence-corrected chi connectivity index (χ3v) is 3.80. The van der Waals surface area contributed by atoms with Crippen LogP contribution in [0.5, 0.6) is 0 Å². The molecule has 0 atom stereocenters. The van der Waals surface area contributed by atoms with E-state index in [-0.39, 0.29) is 0 Å². The first kappa shape index (κ1) is 14.5. The van der Waals surface area contributed by atoms with Crippen LogP contribution in [0.1, 0.15) is 5.56 Å². The van der Waals surface area contributed by atoms with Crippen molar-refractivity contribution in [1.29, 1.82) is 0 Å². The Labute approximate surface area is 134 Å². The van der Waals surface area contributed by atoms with E-state index >= 15 is 0 Å². The lowest BCUT2D eigenvalue weighted by atomic mass is 10.1. The summed E-state index contributed by atoms with van der Waals surface area (Å²) < 4.78 is 1.76. The molecule has 2 aromatic carbocycles. The van der Waals surface area contributed by atoms with Crippen molar-refractivity contribution in [3.63, 3.8) is 0 Å². The molecule has 0 radical (unpaired) electrons. The average Bonchev–Trinajstić information content (AvgIpc) is 2.98.